The van der Waals surface area contributed by atoms with Crippen LogP contribution in [0.5, 0.6) is 0 Å². The Hall–Kier alpha value is -1.59. The molecule has 1 saturated heterocycles. The molecule has 1 aromatic carbocycles. The minimum absolute atomic E-state index is 0.0682. The van der Waals surface area contributed by atoms with Crippen molar-refractivity contribution in [1.82, 2.24) is 10.2 Å². The molecular weight excluding hydrogens is 280 g/mol. The normalized spacial score (nSPS) is 22.2. The summed E-state index contributed by atoms with van der Waals surface area (Å²) < 4.78 is 11.1. The first-order chi connectivity index (χ1) is 10.8. The minimum Gasteiger partial charge on any atom is -0.445 e. The van der Waals surface area contributed by atoms with Gasteiger partial charge in [0.2, 0.25) is 0 Å². The molecule has 0 spiro atoms. The van der Waals surface area contributed by atoms with Crippen LogP contribution in [0, 0.1) is 0 Å². The molecule has 1 amide bonds. The summed E-state index contributed by atoms with van der Waals surface area (Å²) in [5.74, 6) is 0. The van der Waals surface area contributed by atoms with Gasteiger partial charge < -0.3 is 19.7 Å². The van der Waals surface area contributed by atoms with Crippen molar-refractivity contribution in [3.05, 3.63) is 35.9 Å². The molecule has 0 bridgehead atoms. The first-order valence-electron chi connectivity index (χ1n) is 8.12. The van der Waals surface area contributed by atoms with Crippen LogP contribution in [0.15, 0.2) is 30.3 Å². The molecule has 1 unspecified atom stereocenters. The van der Waals surface area contributed by atoms with Gasteiger partial charge in [-0.25, -0.2) is 4.79 Å². The number of carbonyl (C=O) groups excluding carboxylic acids is 1. The van der Waals surface area contributed by atoms with E-state index in [1.807, 2.05) is 30.3 Å². The lowest BCUT2D eigenvalue weighted by atomic mass is 9.93. The number of benzene rings is 1. The third kappa shape index (κ3) is 4.21. The number of hydrogen-bond donors (Lipinski definition) is 1. The summed E-state index contributed by atoms with van der Waals surface area (Å²) in [7, 11) is 0. The Morgan fingerprint density at radius 1 is 1.32 bits per heavy atom. The van der Waals surface area contributed by atoms with Crippen molar-refractivity contribution < 1.29 is 14.3 Å². The number of hydrogen-bond acceptors (Lipinski definition) is 4. The number of amides is 1. The average molecular weight is 304 g/mol. The fraction of sp³-hybridized carbons (Fsp3) is 0.588. The van der Waals surface area contributed by atoms with E-state index in [2.05, 4.69) is 5.32 Å². The molecule has 1 aliphatic carbocycles. The van der Waals surface area contributed by atoms with E-state index in [0.717, 1.165) is 12.1 Å². The standard InChI is InChI=1S/C17H24N2O3/c20-17(22-13-14-5-2-1-3-6-14)19-9-10-21-16(12-19)11-18-15-7-4-8-15/h1-3,5-6,15-16,18H,4,7-13H2. The molecule has 1 atom stereocenters. The molecule has 0 radical (unpaired) electrons. The van der Waals surface area contributed by atoms with Gasteiger partial charge >= 0.3 is 6.09 Å². The summed E-state index contributed by atoms with van der Waals surface area (Å²) in [6.45, 7) is 2.92. The Bertz CT molecular complexity index is 476. The van der Waals surface area contributed by atoms with Crippen molar-refractivity contribution >= 4 is 6.09 Å². The third-order valence-electron chi connectivity index (χ3n) is 4.34. The molecule has 120 valence electrons. The smallest absolute Gasteiger partial charge is 0.410 e. The number of nitrogens with one attached hydrogen (secondary N) is 1. The van der Waals surface area contributed by atoms with Crippen molar-refractivity contribution in [2.45, 2.75) is 38.0 Å². The Balaban J connectivity index is 1.41. The molecular formula is C17H24N2O3. The molecule has 2 fully saturated rings. The Morgan fingerprint density at radius 3 is 2.86 bits per heavy atom. The lowest BCUT2D eigenvalue weighted by molar-refractivity contribution is -0.0288. The predicted octanol–water partition coefficient (Wildman–Crippen LogP) is 2.17. The maximum atomic E-state index is 12.2. The van der Waals surface area contributed by atoms with Gasteiger partial charge in [0.15, 0.2) is 0 Å². The molecule has 1 saturated carbocycles. The summed E-state index contributed by atoms with van der Waals surface area (Å²) in [6.07, 6.45) is 3.66. The second-order valence-corrected chi connectivity index (χ2v) is 6.02. The Labute approximate surface area is 131 Å². The second kappa shape index (κ2) is 7.61. The van der Waals surface area contributed by atoms with Crippen LogP contribution < -0.4 is 5.32 Å². The Kier molecular flexibility index (Phi) is 5.29. The SMILES string of the molecule is O=C(OCc1ccccc1)N1CCOC(CNC2CCC2)C1. The highest BCUT2D eigenvalue weighted by molar-refractivity contribution is 5.67. The van der Waals surface area contributed by atoms with E-state index < -0.39 is 0 Å². The lowest BCUT2D eigenvalue weighted by Crippen LogP contribution is -2.51. The zero-order chi connectivity index (χ0) is 15.2. The average Bonchev–Trinajstić information content (AvgIpc) is 2.52. The van der Waals surface area contributed by atoms with Gasteiger partial charge in [0.05, 0.1) is 19.3 Å². The molecule has 1 aliphatic heterocycles. The largest absolute Gasteiger partial charge is 0.445 e. The Morgan fingerprint density at radius 2 is 2.14 bits per heavy atom. The second-order valence-electron chi connectivity index (χ2n) is 6.02. The zero-order valence-electron chi connectivity index (χ0n) is 12.9. The highest BCUT2D eigenvalue weighted by Crippen LogP contribution is 2.18. The number of morpholine rings is 1. The van der Waals surface area contributed by atoms with E-state index in [4.69, 9.17) is 9.47 Å². The van der Waals surface area contributed by atoms with Gasteiger partial charge in [-0.2, -0.15) is 0 Å². The fourth-order valence-electron chi connectivity index (χ4n) is 2.73. The van der Waals surface area contributed by atoms with Gasteiger partial charge in [-0.05, 0) is 18.4 Å². The molecule has 3 rings (SSSR count). The molecule has 22 heavy (non-hydrogen) atoms. The van der Waals surface area contributed by atoms with Gasteiger partial charge in [0.1, 0.15) is 6.61 Å². The lowest BCUT2D eigenvalue weighted by Gasteiger charge is -2.34. The highest BCUT2D eigenvalue weighted by Gasteiger charge is 2.26. The van der Waals surface area contributed by atoms with Gasteiger partial charge in [-0.15, -0.1) is 0 Å². The van der Waals surface area contributed by atoms with Crippen molar-refractivity contribution in [2.75, 3.05) is 26.2 Å². The molecule has 1 aromatic rings. The molecule has 2 aliphatic rings. The maximum absolute atomic E-state index is 12.2. The van der Waals surface area contributed by atoms with Gasteiger partial charge in [-0.1, -0.05) is 36.8 Å². The van der Waals surface area contributed by atoms with E-state index in [1.54, 1.807) is 4.90 Å². The van der Waals surface area contributed by atoms with Crippen LogP contribution in [-0.2, 0) is 16.1 Å². The van der Waals surface area contributed by atoms with E-state index in [0.29, 0.717) is 32.3 Å². The van der Waals surface area contributed by atoms with Crippen LogP contribution in [-0.4, -0.2) is 49.4 Å². The summed E-state index contributed by atoms with van der Waals surface area (Å²) in [5, 5.41) is 3.50. The topological polar surface area (TPSA) is 50.8 Å². The summed E-state index contributed by atoms with van der Waals surface area (Å²) in [6, 6.07) is 10.4. The van der Waals surface area contributed by atoms with E-state index >= 15 is 0 Å². The van der Waals surface area contributed by atoms with Crippen LogP contribution in [0.25, 0.3) is 0 Å². The molecule has 5 nitrogen and oxygen atoms in total. The highest BCUT2D eigenvalue weighted by atomic mass is 16.6. The summed E-state index contributed by atoms with van der Waals surface area (Å²) >= 11 is 0. The predicted molar refractivity (Wildman–Crippen MR) is 83.6 cm³/mol. The van der Waals surface area contributed by atoms with Gasteiger partial charge in [0.25, 0.3) is 0 Å². The maximum Gasteiger partial charge on any atom is 0.410 e. The first kappa shape index (κ1) is 15.3. The number of ether oxygens (including phenoxy) is 2. The van der Waals surface area contributed by atoms with Crippen LogP contribution in [0.4, 0.5) is 4.79 Å². The molecule has 1 N–H and O–H groups in total. The zero-order valence-corrected chi connectivity index (χ0v) is 12.9. The fourth-order valence-corrected chi connectivity index (χ4v) is 2.73. The summed E-state index contributed by atoms with van der Waals surface area (Å²) in [5.41, 5.74) is 1.01. The molecule has 1 heterocycles. The van der Waals surface area contributed by atoms with Crippen molar-refractivity contribution in [3.8, 4) is 0 Å². The first-order valence-corrected chi connectivity index (χ1v) is 8.12. The number of rotatable bonds is 5. The number of nitrogens with zero attached hydrogens (tertiary/aromatic N) is 1. The van der Waals surface area contributed by atoms with Crippen LogP contribution in [0.3, 0.4) is 0 Å². The van der Waals surface area contributed by atoms with Crippen LogP contribution in [0.1, 0.15) is 24.8 Å². The van der Waals surface area contributed by atoms with Gasteiger partial charge in [-0.3, -0.25) is 0 Å². The minimum atomic E-state index is -0.249. The number of carbonyl (C=O) groups is 1. The monoisotopic (exact) mass is 304 g/mol. The van der Waals surface area contributed by atoms with Crippen LogP contribution in [0.2, 0.25) is 0 Å². The quantitative estimate of drug-likeness (QED) is 0.906. The van der Waals surface area contributed by atoms with E-state index in [1.165, 1.54) is 19.3 Å². The van der Waals surface area contributed by atoms with E-state index in [9.17, 15) is 4.79 Å². The summed E-state index contributed by atoms with van der Waals surface area (Å²) in [4.78, 5) is 13.9. The van der Waals surface area contributed by atoms with E-state index in [-0.39, 0.29) is 12.2 Å². The van der Waals surface area contributed by atoms with Crippen LogP contribution >= 0.6 is 0 Å². The molecule has 5 heteroatoms. The van der Waals surface area contributed by atoms with Crippen molar-refractivity contribution in [1.29, 1.82) is 0 Å². The van der Waals surface area contributed by atoms with Crippen molar-refractivity contribution in [2.24, 2.45) is 0 Å². The third-order valence-corrected chi connectivity index (χ3v) is 4.34. The van der Waals surface area contributed by atoms with Gasteiger partial charge in [0, 0.05) is 19.1 Å². The molecule has 0 aromatic heterocycles. The van der Waals surface area contributed by atoms with Crippen molar-refractivity contribution in [3.63, 3.8) is 0 Å².